The maximum Gasteiger partial charge on any atom is 0.261 e. The largest absolute Gasteiger partial charge is 0.486 e. The SMILES string of the molecule is N#C/C(=C\c1ccc2c(c1)OCCO2)C(=O)NCCc1ccccc1. The molecule has 0 bridgehead atoms. The van der Waals surface area contributed by atoms with Gasteiger partial charge in [0, 0.05) is 6.54 Å². The van der Waals surface area contributed by atoms with Crippen molar-refractivity contribution in [1.82, 2.24) is 5.32 Å². The molecule has 1 amide bonds. The van der Waals surface area contributed by atoms with Crippen LogP contribution in [0.4, 0.5) is 0 Å². The number of carbonyl (C=O) groups is 1. The van der Waals surface area contributed by atoms with Crippen molar-refractivity contribution in [2.45, 2.75) is 6.42 Å². The molecule has 3 rings (SSSR count). The minimum Gasteiger partial charge on any atom is -0.486 e. The topological polar surface area (TPSA) is 71.3 Å². The van der Waals surface area contributed by atoms with Gasteiger partial charge in [-0.1, -0.05) is 36.4 Å². The molecule has 0 spiro atoms. The summed E-state index contributed by atoms with van der Waals surface area (Å²) in [5, 5.41) is 12.1. The highest BCUT2D eigenvalue weighted by atomic mass is 16.6. The number of amides is 1. The van der Waals surface area contributed by atoms with Crippen molar-refractivity contribution in [2.75, 3.05) is 19.8 Å². The molecule has 0 unspecified atom stereocenters. The van der Waals surface area contributed by atoms with Gasteiger partial charge in [-0.25, -0.2) is 0 Å². The smallest absolute Gasteiger partial charge is 0.261 e. The van der Waals surface area contributed by atoms with Crippen molar-refractivity contribution in [2.24, 2.45) is 0 Å². The molecule has 2 aromatic carbocycles. The lowest BCUT2D eigenvalue weighted by atomic mass is 10.1. The first-order valence-corrected chi connectivity index (χ1v) is 8.10. The lowest BCUT2D eigenvalue weighted by Gasteiger charge is -2.18. The number of fused-ring (bicyclic) bond motifs is 1. The Hall–Kier alpha value is -3.26. The summed E-state index contributed by atoms with van der Waals surface area (Å²) in [6.07, 6.45) is 2.27. The predicted molar refractivity (Wildman–Crippen MR) is 94.2 cm³/mol. The molecule has 0 aliphatic carbocycles. The fourth-order valence-corrected chi connectivity index (χ4v) is 2.53. The average molecular weight is 334 g/mol. The van der Waals surface area contributed by atoms with E-state index < -0.39 is 0 Å². The summed E-state index contributed by atoms with van der Waals surface area (Å²) >= 11 is 0. The highest BCUT2D eigenvalue weighted by Crippen LogP contribution is 2.31. The van der Waals surface area contributed by atoms with Crippen molar-refractivity contribution in [3.05, 3.63) is 65.2 Å². The Labute approximate surface area is 146 Å². The summed E-state index contributed by atoms with van der Waals surface area (Å²) in [4.78, 5) is 12.2. The maximum absolute atomic E-state index is 12.2. The third-order valence-electron chi connectivity index (χ3n) is 3.78. The zero-order valence-corrected chi connectivity index (χ0v) is 13.7. The van der Waals surface area contributed by atoms with Crippen molar-refractivity contribution in [3.63, 3.8) is 0 Å². The Morgan fingerprint density at radius 2 is 1.88 bits per heavy atom. The second-order valence-electron chi connectivity index (χ2n) is 5.56. The lowest BCUT2D eigenvalue weighted by Crippen LogP contribution is -2.26. The number of carbonyl (C=O) groups excluding carboxylic acids is 1. The summed E-state index contributed by atoms with van der Waals surface area (Å²) in [6.45, 7) is 1.49. The predicted octanol–water partition coefficient (Wildman–Crippen LogP) is 2.72. The maximum atomic E-state index is 12.2. The second kappa shape index (κ2) is 8.02. The molecule has 1 aliphatic rings. The van der Waals surface area contributed by atoms with E-state index in [1.54, 1.807) is 24.3 Å². The highest BCUT2D eigenvalue weighted by Gasteiger charge is 2.13. The molecule has 2 aromatic rings. The van der Waals surface area contributed by atoms with Gasteiger partial charge in [0.15, 0.2) is 11.5 Å². The third kappa shape index (κ3) is 4.39. The average Bonchev–Trinajstić information content (AvgIpc) is 2.66. The van der Waals surface area contributed by atoms with E-state index >= 15 is 0 Å². The Morgan fingerprint density at radius 3 is 2.64 bits per heavy atom. The number of hydrogen-bond donors (Lipinski definition) is 1. The molecule has 1 N–H and O–H groups in total. The molecular weight excluding hydrogens is 316 g/mol. The van der Waals surface area contributed by atoms with Crippen LogP contribution in [0.5, 0.6) is 11.5 Å². The molecule has 25 heavy (non-hydrogen) atoms. The molecule has 1 heterocycles. The van der Waals surface area contributed by atoms with E-state index in [1.807, 2.05) is 36.4 Å². The van der Waals surface area contributed by atoms with Crippen molar-refractivity contribution in [3.8, 4) is 17.6 Å². The second-order valence-corrected chi connectivity index (χ2v) is 5.56. The van der Waals surface area contributed by atoms with Gasteiger partial charge in [-0.15, -0.1) is 0 Å². The van der Waals surface area contributed by atoms with Gasteiger partial charge in [-0.2, -0.15) is 5.26 Å². The molecule has 0 atom stereocenters. The van der Waals surface area contributed by atoms with E-state index in [-0.39, 0.29) is 11.5 Å². The van der Waals surface area contributed by atoms with E-state index in [1.165, 1.54) is 0 Å². The first-order chi connectivity index (χ1) is 12.3. The molecule has 5 heteroatoms. The Kier molecular flexibility index (Phi) is 5.32. The van der Waals surface area contributed by atoms with Crippen LogP contribution in [0.15, 0.2) is 54.1 Å². The summed E-state index contributed by atoms with van der Waals surface area (Å²) in [6, 6.07) is 17.2. The number of nitrogens with one attached hydrogen (secondary N) is 1. The lowest BCUT2D eigenvalue weighted by molar-refractivity contribution is -0.117. The minimum absolute atomic E-state index is 0.0599. The van der Waals surface area contributed by atoms with Crippen LogP contribution in [0.25, 0.3) is 6.08 Å². The van der Waals surface area contributed by atoms with Gasteiger partial charge in [-0.05, 0) is 35.8 Å². The van der Waals surface area contributed by atoms with Crippen LogP contribution < -0.4 is 14.8 Å². The number of nitrogens with zero attached hydrogens (tertiary/aromatic N) is 1. The molecule has 1 aliphatic heterocycles. The van der Waals surface area contributed by atoms with Crippen LogP contribution in [-0.2, 0) is 11.2 Å². The van der Waals surface area contributed by atoms with Crippen molar-refractivity contribution in [1.29, 1.82) is 5.26 Å². The minimum atomic E-state index is -0.381. The summed E-state index contributed by atoms with van der Waals surface area (Å²) in [7, 11) is 0. The number of benzene rings is 2. The van der Waals surface area contributed by atoms with Gasteiger partial charge >= 0.3 is 0 Å². The van der Waals surface area contributed by atoms with E-state index in [0.29, 0.717) is 31.3 Å². The van der Waals surface area contributed by atoms with Gasteiger partial charge in [0.2, 0.25) is 0 Å². The molecule has 126 valence electrons. The van der Waals surface area contributed by atoms with E-state index in [9.17, 15) is 10.1 Å². The Balaban J connectivity index is 1.63. The van der Waals surface area contributed by atoms with Crippen molar-refractivity contribution < 1.29 is 14.3 Å². The van der Waals surface area contributed by atoms with Crippen LogP contribution in [0.2, 0.25) is 0 Å². The zero-order valence-electron chi connectivity index (χ0n) is 13.7. The summed E-state index contributed by atoms with van der Waals surface area (Å²) in [5.41, 5.74) is 1.92. The van der Waals surface area contributed by atoms with E-state index in [0.717, 1.165) is 17.5 Å². The Morgan fingerprint density at radius 1 is 1.12 bits per heavy atom. The van der Waals surface area contributed by atoms with Crippen LogP contribution in [-0.4, -0.2) is 25.7 Å². The number of nitriles is 1. The van der Waals surface area contributed by atoms with E-state index in [4.69, 9.17) is 9.47 Å². The molecule has 0 saturated carbocycles. The molecule has 0 radical (unpaired) electrons. The molecule has 0 fully saturated rings. The number of ether oxygens (including phenoxy) is 2. The van der Waals surface area contributed by atoms with Crippen LogP contribution >= 0.6 is 0 Å². The van der Waals surface area contributed by atoms with Crippen LogP contribution in [0.1, 0.15) is 11.1 Å². The number of hydrogen-bond acceptors (Lipinski definition) is 4. The fourth-order valence-electron chi connectivity index (χ4n) is 2.53. The van der Waals surface area contributed by atoms with Gasteiger partial charge < -0.3 is 14.8 Å². The van der Waals surface area contributed by atoms with Gasteiger partial charge in [0.05, 0.1) is 0 Å². The summed E-state index contributed by atoms with van der Waals surface area (Å²) < 4.78 is 11.0. The van der Waals surface area contributed by atoms with Crippen LogP contribution in [0.3, 0.4) is 0 Å². The quantitative estimate of drug-likeness (QED) is 0.674. The first kappa shape index (κ1) is 16.6. The van der Waals surface area contributed by atoms with Crippen molar-refractivity contribution >= 4 is 12.0 Å². The monoisotopic (exact) mass is 334 g/mol. The van der Waals surface area contributed by atoms with Gasteiger partial charge in [0.25, 0.3) is 5.91 Å². The van der Waals surface area contributed by atoms with Crippen LogP contribution in [0, 0.1) is 11.3 Å². The summed E-state index contributed by atoms with van der Waals surface area (Å²) in [5.74, 6) is 0.921. The highest BCUT2D eigenvalue weighted by molar-refractivity contribution is 6.01. The normalized spacial score (nSPS) is 13.0. The number of rotatable bonds is 5. The molecule has 0 saturated heterocycles. The standard InChI is InChI=1S/C20H18N2O3/c21-14-17(20(23)22-9-8-15-4-2-1-3-5-15)12-16-6-7-18-19(13-16)25-11-10-24-18/h1-7,12-13H,8-11H2,(H,22,23)/b17-12+. The zero-order chi connectivity index (χ0) is 17.5. The third-order valence-corrected chi connectivity index (χ3v) is 3.78. The van der Waals surface area contributed by atoms with Gasteiger partial charge in [-0.3, -0.25) is 4.79 Å². The fraction of sp³-hybridized carbons (Fsp3) is 0.200. The Bertz CT molecular complexity index is 823. The first-order valence-electron chi connectivity index (χ1n) is 8.10. The molecule has 5 nitrogen and oxygen atoms in total. The van der Waals surface area contributed by atoms with E-state index in [2.05, 4.69) is 5.32 Å². The molecular formula is C20H18N2O3. The molecule has 0 aromatic heterocycles. The van der Waals surface area contributed by atoms with Gasteiger partial charge in [0.1, 0.15) is 24.9 Å².